The van der Waals surface area contributed by atoms with E-state index in [1.165, 1.54) is 12.4 Å². The Labute approximate surface area is 143 Å². The molecular weight excluding hydrogens is 324 g/mol. The number of amides is 1. The van der Waals surface area contributed by atoms with Crippen molar-refractivity contribution < 1.29 is 14.3 Å². The largest absolute Gasteiger partial charge is 0.478 e. The average molecular weight is 340 g/mol. The number of hydrogen-bond acceptors (Lipinski definition) is 7. The topological polar surface area (TPSA) is 106 Å². The number of carbonyl (C=O) groups excluding carboxylic acids is 1. The molecule has 0 radical (unpaired) electrons. The Morgan fingerprint density at radius 1 is 1.36 bits per heavy atom. The van der Waals surface area contributed by atoms with Crippen LogP contribution in [0, 0.1) is 11.3 Å². The van der Waals surface area contributed by atoms with Gasteiger partial charge in [0, 0.05) is 44.4 Å². The second-order valence-corrected chi connectivity index (χ2v) is 5.89. The normalized spacial score (nSPS) is 19.0. The molecular formula is C16H16N6O3. The predicted molar refractivity (Wildman–Crippen MR) is 84.0 cm³/mol. The van der Waals surface area contributed by atoms with E-state index < -0.39 is 0 Å². The number of carbonyl (C=O) groups is 1. The standard InChI is InChI=1S/C16H16N6O3/c17-9-13-15(19-4-3-18-13)25-11-2-6-21(10-11)16(23)12-8-14-22(20-12)5-1-7-24-14/h3-4,8,11H,1-2,5-7,10H2/t11-/m0/s1. The SMILES string of the molecule is N#Cc1nccnc1O[C@H]1CCN(C(=O)c2cc3n(n2)CCCO3)C1. The van der Waals surface area contributed by atoms with Gasteiger partial charge in [0.05, 0.1) is 13.2 Å². The fraction of sp³-hybridized carbons (Fsp3) is 0.438. The highest BCUT2D eigenvalue weighted by Crippen LogP contribution is 2.22. The fourth-order valence-electron chi connectivity index (χ4n) is 2.99. The maximum Gasteiger partial charge on any atom is 0.274 e. The molecule has 9 nitrogen and oxygen atoms in total. The number of hydrogen-bond donors (Lipinski definition) is 0. The summed E-state index contributed by atoms with van der Waals surface area (Å²) in [5.41, 5.74) is 0.529. The summed E-state index contributed by atoms with van der Waals surface area (Å²) in [6, 6.07) is 3.64. The third-order valence-corrected chi connectivity index (χ3v) is 4.21. The molecule has 25 heavy (non-hydrogen) atoms. The summed E-state index contributed by atoms with van der Waals surface area (Å²) < 4.78 is 13.0. The molecule has 1 fully saturated rings. The van der Waals surface area contributed by atoms with Gasteiger partial charge in [0.25, 0.3) is 11.8 Å². The van der Waals surface area contributed by atoms with Gasteiger partial charge in [-0.05, 0) is 0 Å². The minimum Gasteiger partial charge on any atom is -0.478 e. The number of likely N-dealkylation sites (tertiary alicyclic amines) is 1. The van der Waals surface area contributed by atoms with Gasteiger partial charge in [0.1, 0.15) is 12.2 Å². The molecule has 1 saturated heterocycles. The van der Waals surface area contributed by atoms with E-state index in [0.29, 0.717) is 37.7 Å². The monoisotopic (exact) mass is 340 g/mol. The van der Waals surface area contributed by atoms with Crippen LogP contribution < -0.4 is 9.47 Å². The number of nitrogens with zero attached hydrogens (tertiary/aromatic N) is 6. The van der Waals surface area contributed by atoms with Crippen LogP contribution in [-0.2, 0) is 6.54 Å². The Kier molecular flexibility index (Phi) is 3.93. The molecule has 0 aromatic carbocycles. The van der Waals surface area contributed by atoms with Crippen LogP contribution >= 0.6 is 0 Å². The molecule has 4 heterocycles. The van der Waals surface area contributed by atoms with Gasteiger partial charge >= 0.3 is 0 Å². The number of aromatic nitrogens is 4. The highest BCUT2D eigenvalue weighted by molar-refractivity contribution is 5.92. The first-order chi connectivity index (χ1) is 12.2. The van der Waals surface area contributed by atoms with Crippen LogP contribution in [0.4, 0.5) is 0 Å². The van der Waals surface area contributed by atoms with Crippen molar-refractivity contribution in [2.24, 2.45) is 0 Å². The van der Waals surface area contributed by atoms with Crippen LogP contribution in [0.5, 0.6) is 11.8 Å². The second-order valence-electron chi connectivity index (χ2n) is 5.89. The average Bonchev–Trinajstić information content (AvgIpc) is 3.28. The van der Waals surface area contributed by atoms with E-state index in [1.807, 2.05) is 6.07 Å². The van der Waals surface area contributed by atoms with Crippen LogP contribution in [0.3, 0.4) is 0 Å². The van der Waals surface area contributed by atoms with Gasteiger partial charge in [0.15, 0.2) is 5.69 Å². The molecule has 0 spiro atoms. The molecule has 2 aliphatic heterocycles. The Balaban J connectivity index is 1.43. The van der Waals surface area contributed by atoms with E-state index in [0.717, 1.165) is 13.0 Å². The number of nitriles is 1. The molecule has 1 amide bonds. The maximum absolute atomic E-state index is 12.6. The van der Waals surface area contributed by atoms with Crippen molar-refractivity contribution in [2.75, 3.05) is 19.7 Å². The molecule has 128 valence electrons. The van der Waals surface area contributed by atoms with Gasteiger partial charge in [-0.2, -0.15) is 10.4 Å². The van der Waals surface area contributed by atoms with Crippen molar-refractivity contribution in [3.63, 3.8) is 0 Å². The second kappa shape index (κ2) is 6.39. The number of rotatable bonds is 3. The zero-order valence-corrected chi connectivity index (χ0v) is 13.5. The van der Waals surface area contributed by atoms with Gasteiger partial charge in [-0.1, -0.05) is 0 Å². The molecule has 0 aliphatic carbocycles. The minimum absolute atomic E-state index is 0.142. The van der Waals surface area contributed by atoms with E-state index in [-0.39, 0.29) is 23.6 Å². The van der Waals surface area contributed by atoms with Crippen molar-refractivity contribution in [3.8, 4) is 17.8 Å². The smallest absolute Gasteiger partial charge is 0.274 e. The van der Waals surface area contributed by atoms with Crippen LogP contribution in [0.2, 0.25) is 0 Å². The van der Waals surface area contributed by atoms with E-state index in [9.17, 15) is 4.79 Å². The van der Waals surface area contributed by atoms with Crippen LogP contribution in [-0.4, -0.2) is 56.4 Å². The van der Waals surface area contributed by atoms with Crippen molar-refractivity contribution in [1.29, 1.82) is 5.26 Å². The number of ether oxygens (including phenoxy) is 2. The van der Waals surface area contributed by atoms with E-state index in [1.54, 1.807) is 15.6 Å². The molecule has 2 aliphatic rings. The molecule has 2 aromatic rings. The summed E-state index contributed by atoms with van der Waals surface area (Å²) in [5, 5.41) is 13.4. The summed E-state index contributed by atoms with van der Waals surface area (Å²) in [7, 11) is 0. The molecule has 0 N–H and O–H groups in total. The minimum atomic E-state index is -0.221. The van der Waals surface area contributed by atoms with Crippen molar-refractivity contribution in [2.45, 2.75) is 25.5 Å². The van der Waals surface area contributed by atoms with Gasteiger partial charge in [-0.3, -0.25) is 4.79 Å². The molecule has 4 rings (SSSR count). The zero-order chi connectivity index (χ0) is 17.2. The molecule has 0 saturated carbocycles. The molecule has 2 aromatic heterocycles. The van der Waals surface area contributed by atoms with Crippen LogP contribution in [0.1, 0.15) is 29.0 Å². The summed E-state index contributed by atoms with van der Waals surface area (Å²) >= 11 is 0. The van der Waals surface area contributed by atoms with Gasteiger partial charge < -0.3 is 14.4 Å². The Morgan fingerprint density at radius 2 is 2.24 bits per heavy atom. The van der Waals surface area contributed by atoms with Crippen LogP contribution in [0.15, 0.2) is 18.5 Å². The lowest BCUT2D eigenvalue weighted by molar-refractivity contribution is 0.0764. The van der Waals surface area contributed by atoms with E-state index >= 15 is 0 Å². The van der Waals surface area contributed by atoms with Crippen molar-refractivity contribution in [3.05, 3.63) is 29.8 Å². The number of fused-ring (bicyclic) bond motifs is 1. The van der Waals surface area contributed by atoms with E-state index in [2.05, 4.69) is 15.1 Å². The van der Waals surface area contributed by atoms with E-state index in [4.69, 9.17) is 14.7 Å². The van der Waals surface area contributed by atoms with Gasteiger partial charge in [0.2, 0.25) is 11.6 Å². The lowest BCUT2D eigenvalue weighted by atomic mass is 10.3. The summed E-state index contributed by atoms with van der Waals surface area (Å²) in [5.74, 6) is 0.700. The third kappa shape index (κ3) is 2.98. The third-order valence-electron chi connectivity index (χ3n) is 4.21. The van der Waals surface area contributed by atoms with Crippen molar-refractivity contribution in [1.82, 2.24) is 24.6 Å². The molecule has 1 atom stereocenters. The Bertz CT molecular complexity index is 819. The van der Waals surface area contributed by atoms with Gasteiger partial charge in [-0.25, -0.2) is 14.6 Å². The van der Waals surface area contributed by atoms with Crippen LogP contribution in [0.25, 0.3) is 0 Å². The lowest BCUT2D eigenvalue weighted by Gasteiger charge is -2.16. The molecule has 9 heteroatoms. The first kappa shape index (κ1) is 15.4. The molecule has 0 bridgehead atoms. The maximum atomic E-state index is 12.6. The lowest BCUT2D eigenvalue weighted by Crippen LogP contribution is -2.31. The first-order valence-corrected chi connectivity index (χ1v) is 8.12. The molecule has 0 unspecified atom stereocenters. The summed E-state index contributed by atoms with van der Waals surface area (Å²) in [6.07, 6.45) is 4.25. The Hall–Kier alpha value is -3.15. The quantitative estimate of drug-likeness (QED) is 0.806. The highest BCUT2D eigenvalue weighted by Gasteiger charge is 2.31. The number of aryl methyl sites for hydroxylation is 1. The zero-order valence-electron chi connectivity index (χ0n) is 13.5. The predicted octanol–water partition coefficient (Wildman–Crippen LogP) is 0.621. The van der Waals surface area contributed by atoms with Crippen molar-refractivity contribution >= 4 is 5.91 Å². The van der Waals surface area contributed by atoms with Gasteiger partial charge in [-0.15, -0.1) is 0 Å². The highest BCUT2D eigenvalue weighted by atomic mass is 16.5. The first-order valence-electron chi connectivity index (χ1n) is 8.12. The Morgan fingerprint density at radius 3 is 3.08 bits per heavy atom. The summed E-state index contributed by atoms with van der Waals surface area (Å²) in [4.78, 5) is 22.3. The fourth-order valence-corrected chi connectivity index (χ4v) is 2.99. The summed E-state index contributed by atoms with van der Waals surface area (Å²) in [6.45, 7) is 2.40.